The fourth-order valence-electron chi connectivity index (χ4n) is 2.36. The highest BCUT2D eigenvalue weighted by Gasteiger charge is 2.25. The minimum Gasteiger partial charge on any atom is -0.391 e. The first-order chi connectivity index (χ1) is 8.00. The number of rotatable bonds is 4. The van der Waals surface area contributed by atoms with Crippen LogP contribution in [0.2, 0.25) is 0 Å². The summed E-state index contributed by atoms with van der Waals surface area (Å²) >= 11 is 0. The smallest absolute Gasteiger partial charge is 0.237 e. The number of carbonyl (C=O) groups is 1. The van der Waals surface area contributed by atoms with E-state index in [1.807, 2.05) is 13.8 Å². The fraction of sp³-hybridized carbons (Fsp3) is 0.923. The number of hydrogen-bond donors (Lipinski definition) is 3. The second kappa shape index (κ2) is 6.97. The third-order valence-electron chi connectivity index (χ3n) is 3.37. The van der Waals surface area contributed by atoms with Gasteiger partial charge in [0.15, 0.2) is 0 Å². The zero-order chi connectivity index (χ0) is 12.8. The van der Waals surface area contributed by atoms with Crippen molar-refractivity contribution in [1.82, 2.24) is 5.32 Å². The first-order valence-corrected chi connectivity index (χ1v) is 6.74. The zero-order valence-corrected chi connectivity index (χ0v) is 11.0. The Balaban J connectivity index is 2.42. The molecule has 4 heteroatoms. The molecule has 100 valence electrons. The summed E-state index contributed by atoms with van der Waals surface area (Å²) < 4.78 is 0. The average Bonchev–Trinajstić information content (AvgIpc) is 2.43. The summed E-state index contributed by atoms with van der Waals surface area (Å²) in [6.45, 7) is 4.10. The second-order valence-corrected chi connectivity index (χ2v) is 5.56. The summed E-state index contributed by atoms with van der Waals surface area (Å²) in [6.07, 6.45) is 5.18. The molecule has 0 aliphatic heterocycles. The van der Waals surface area contributed by atoms with Gasteiger partial charge in [-0.3, -0.25) is 4.79 Å². The summed E-state index contributed by atoms with van der Waals surface area (Å²) in [7, 11) is 0. The van der Waals surface area contributed by atoms with E-state index >= 15 is 0 Å². The summed E-state index contributed by atoms with van der Waals surface area (Å²) in [5.74, 6) is 0.291. The Morgan fingerprint density at radius 1 is 1.35 bits per heavy atom. The Morgan fingerprint density at radius 2 is 2.00 bits per heavy atom. The molecule has 0 heterocycles. The maximum atomic E-state index is 11.9. The molecule has 0 spiro atoms. The highest BCUT2D eigenvalue weighted by atomic mass is 16.3. The molecule has 0 radical (unpaired) electrons. The van der Waals surface area contributed by atoms with Crippen LogP contribution in [0.1, 0.15) is 52.4 Å². The van der Waals surface area contributed by atoms with Crippen molar-refractivity contribution in [2.75, 3.05) is 0 Å². The number of nitrogens with two attached hydrogens (primary N) is 1. The van der Waals surface area contributed by atoms with Gasteiger partial charge in [0.1, 0.15) is 0 Å². The quantitative estimate of drug-likeness (QED) is 0.648. The molecule has 1 aliphatic carbocycles. The highest BCUT2D eigenvalue weighted by Crippen LogP contribution is 2.18. The van der Waals surface area contributed by atoms with Crippen molar-refractivity contribution in [3.8, 4) is 0 Å². The molecule has 1 amide bonds. The van der Waals surface area contributed by atoms with E-state index in [4.69, 9.17) is 5.73 Å². The maximum absolute atomic E-state index is 11.9. The molecule has 4 N–H and O–H groups in total. The number of carbonyl (C=O) groups excluding carboxylic acids is 1. The molecule has 17 heavy (non-hydrogen) atoms. The van der Waals surface area contributed by atoms with E-state index in [1.165, 1.54) is 0 Å². The van der Waals surface area contributed by atoms with Gasteiger partial charge in [0, 0.05) is 0 Å². The largest absolute Gasteiger partial charge is 0.391 e. The predicted octanol–water partition coefficient (Wildman–Crippen LogP) is 1.17. The van der Waals surface area contributed by atoms with Crippen LogP contribution < -0.4 is 11.1 Å². The van der Waals surface area contributed by atoms with E-state index in [2.05, 4.69) is 5.32 Å². The van der Waals surface area contributed by atoms with Crippen molar-refractivity contribution in [3.05, 3.63) is 0 Å². The number of aliphatic hydroxyl groups excluding tert-OH is 1. The molecule has 1 saturated carbocycles. The second-order valence-electron chi connectivity index (χ2n) is 5.56. The molecule has 4 nitrogen and oxygen atoms in total. The Morgan fingerprint density at radius 3 is 2.65 bits per heavy atom. The van der Waals surface area contributed by atoms with Crippen molar-refractivity contribution in [2.45, 2.75) is 70.6 Å². The predicted molar refractivity (Wildman–Crippen MR) is 68.5 cm³/mol. The minimum absolute atomic E-state index is 0.108. The van der Waals surface area contributed by atoms with Crippen molar-refractivity contribution in [2.24, 2.45) is 11.7 Å². The van der Waals surface area contributed by atoms with Crippen LogP contribution in [0.5, 0.6) is 0 Å². The molecule has 0 aromatic heterocycles. The molecule has 0 aromatic rings. The van der Waals surface area contributed by atoms with Gasteiger partial charge in [0.25, 0.3) is 0 Å². The van der Waals surface area contributed by atoms with Gasteiger partial charge in [-0.25, -0.2) is 0 Å². The zero-order valence-electron chi connectivity index (χ0n) is 11.0. The molecular weight excluding hydrogens is 216 g/mol. The molecule has 1 rings (SSSR count). The lowest BCUT2D eigenvalue weighted by molar-refractivity contribution is -0.124. The van der Waals surface area contributed by atoms with Crippen LogP contribution in [0.15, 0.2) is 0 Å². The molecule has 0 bridgehead atoms. The third kappa shape index (κ3) is 5.04. The normalized spacial score (nSPS) is 27.6. The number of nitrogens with one attached hydrogen (secondary N) is 1. The standard InChI is InChI=1S/C13H26N2O2/c1-9(2)8-10(14)13(17)15-11-6-4-3-5-7-12(11)16/h9-12,16H,3-8,14H2,1-2H3,(H,15,17)/t10-,11?,12?/m0/s1. The van der Waals surface area contributed by atoms with Gasteiger partial charge < -0.3 is 16.2 Å². The SMILES string of the molecule is CC(C)C[C@H](N)C(=O)NC1CCCCCC1O. The first-order valence-electron chi connectivity index (χ1n) is 6.74. The number of aliphatic hydroxyl groups is 1. The molecule has 0 aromatic carbocycles. The van der Waals surface area contributed by atoms with Gasteiger partial charge in [-0.15, -0.1) is 0 Å². The molecule has 0 saturated heterocycles. The Bertz CT molecular complexity index is 244. The molecular formula is C13H26N2O2. The van der Waals surface area contributed by atoms with Gasteiger partial charge in [0.2, 0.25) is 5.91 Å². The summed E-state index contributed by atoms with van der Waals surface area (Å²) in [5.41, 5.74) is 5.83. The van der Waals surface area contributed by atoms with Crippen LogP contribution in [0.3, 0.4) is 0 Å². The number of hydrogen-bond acceptors (Lipinski definition) is 3. The monoisotopic (exact) mass is 242 g/mol. The lowest BCUT2D eigenvalue weighted by atomic mass is 10.0. The van der Waals surface area contributed by atoms with Crippen LogP contribution in [-0.2, 0) is 4.79 Å². The van der Waals surface area contributed by atoms with Gasteiger partial charge in [-0.1, -0.05) is 33.1 Å². The third-order valence-corrected chi connectivity index (χ3v) is 3.37. The van der Waals surface area contributed by atoms with E-state index in [-0.39, 0.29) is 11.9 Å². The summed E-state index contributed by atoms with van der Waals surface area (Å²) in [5, 5.41) is 12.8. The lowest BCUT2D eigenvalue weighted by Crippen LogP contribution is -2.49. The van der Waals surface area contributed by atoms with E-state index in [1.54, 1.807) is 0 Å². The lowest BCUT2D eigenvalue weighted by Gasteiger charge is -2.24. The number of amides is 1. The van der Waals surface area contributed by atoms with Crippen LogP contribution >= 0.6 is 0 Å². The van der Waals surface area contributed by atoms with Crippen LogP contribution in [0.4, 0.5) is 0 Å². The topological polar surface area (TPSA) is 75.4 Å². The van der Waals surface area contributed by atoms with Crippen molar-refractivity contribution in [1.29, 1.82) is 0 Å². The van der Waals surface area contributed by atoms with Crippen LogP contribution in [0, 0.1) is 5.92 Å². The van der Waals surface area contributed by atoms with Gasteiger partial charge >= 0.3 is 0 Å². The highest BCUT2D eigenvalue weighted by molar-refractivity contribution is 5.81. The average molecular weight is 242 g/mol. The molecule has 3 atom stereocenters. The van der Waals surface area contributed by atoms with Crippen molar-refractivity contribution < 1.29 is 9.90 Å². The minimum atomic E-state index is -0.453. The van der Waals surface area contributed by atoms with E-state index in [0.717, 1.165) is 32.1 Å². The summed E-state index contributed by atoms with van der Waals surface area (Å²) in [6, 6.07) is -0.561. The Hall–Kier alpha value is -0.610. The van der Waals surface area contributed by atoms with Crippen LogP contribution in [-0.4, -0.2) is 29.2 Å². The van der Waals surface area contributed by atoms with Gasteiger partial charge in [-0.05, 0) is 25.2 Å². The van der Waals surface area contributed by atoms with Crippen molar-refractivity contribution in [3.63, 3.8) is 0 Å². The van der Waals surface area contributed by atoms with Gasteiger partial charge in [0.05, 0.1) is 18.2 Å². The first kappa shape index (κ1) is 14.5. The van der Waals surface area contributed by atoms with E-state index in [9.17, 15) is 9.90 Å². The molecule has 1 aliphatic rings. The van der Waals surface area contributed by atoms with Crippen molar-refractivity contribution >= 4 is 5.91 Å². The molecule has 2 unspecified atom stereocenters. The van der Waals surface area contributed by atoms with E-state index in [0.29, 0.717) is 12.3 Å². The Labute approximate surface area is 104 Å². The van der Waals surface area contributed by atoms with Gasteiger partial charge in [-0.2, -0.15) is 0 Å². The maximum Gasteiger partial charge on any atom is 0.237 e. The van der Waals surface area contributed by atoms with Crippen LogP contribution in [0.25, 0.3) is 0 Å². The summed E-state index contributed by atoms with van der Waals surface area (Å²) in [4.78, 5) is 11.9. The Kier molecular flexibility index (Phi) is 5.92. The molecule has 1 fully saturated rings. The fourth-order valence-corrected chi connectivity index (χ4v) is 2.36. The van der Waals surface area contributed by atoms with E-state index < -0.39 is 12.1 Å².